The van der Waals surface area contributed by atoms with Crippen LogP contribution in [0.15, 0.2) is 0 Å². The third-order valence-electron chi connectivity index (χ3n) is 1.18. The minimum absolute atomic E-state index is 0.432. The number of rotatable bonds is 3. The van der Waals surface area contributed by atoms with Gasteiger partial charge in [0.05, 0.1) is 6.16 Å². The first-order valence-electron chi connectivity index (χ1n) is 4.24. The molecule has 82 valence electrons. The first-order valence-corrected chi connectivity index (χ1v) is 7.55. The molecule has 0 aromatic heterocycles. The van der Waals surface area contributed by atoms with Gasteiger partial charge >= 0.3 is 7.25 Å². The third kappa shape index (κ3) is 46.9. The summed E-state index contributed by atoms with van der Waals surface area (Å²) in [5.41, 5.74) is 0. The van der Waals surface area contributed by atoms with Crippen molar-refractivity contribution >= 4 is 14.5 Å². The molecule has 0 rings (SSSR count). The fourth-order valence-corrected chi connectivity index (χ4v) is 1.90. The zero-order valence-corrected chi connectivity index (χ0v) is 9.55. The Hall–Kier alpha value is 0.215. The quantitative estimate of drug-likeness (QED) is 0.383. The molecule has 0 saturated heterocycles. The fourth-order valence-electron chi connectivity index (χ4n) is 0.632. The standard InChI is InChI=1S/C7H18P.BF4/c1-5-6-7-8(2,3)4;2-1(3,4)5/h5-7H2,1-4H3;/q+1;-1. The summed E-state index contributed by atoms with van der Waals surface area (Å²) < 4.78 is 39.0. The minimum atomic E-state index is -6.00. The van der Waals surface area contributed by atoms with Crippen molar-refractivity contribution in [2.24, 2.45) is 0 Å². The van der Waals surface area contributed by atoms with Crippen molar-refractivity contribution in [3.63, 3.8) is 0 Å². The van der Waals surface area contributed by atoms with E-state index in [0.29, 0.717) is 0 Å². The van der Waals surface area contributed by atoms with E-state index in [0.717, 1.165) is 0 Å². The van der Waals surface area contributed by atoms with Crippen LogP contribution in [-0.4, -0.2) is 33.4 Å². The molecule has 0 aliphatic carbocycles. The summed E-state index contributed by atoms with van der Waals surface area (Å²) in [5, 5.41) is 0. The van der Waals surface area contributed by atoms with Crippen LogP contribution in [0.1, 0.15) is 19.8 Å². The van der Waals surface area contributed by atoms with Crippen molar-refractivity contribution in [1.82, 2.24) is 0 Å². The molecule has 0 unspecified atom stereocenters. The molecule has 13 heavy (non-hydrogen) atoms. The molecule has 0 aromatic rings. The highest BCUT2D eigenvalue weighted by Crippen LogP contribution is 2.46. The van der Waals surface area contributed by atoms with Gasteiger partial charge in [0.15, 0.2) is 0 Å². The number of hydrogen-bond donors (Lipinski definition) is 0. The second kappa shape index (κ2) is 6.64. The predicted molar refractivity (Wildman–Crippen MR) is 54.7 cm³/mol. The SMILES string of the molecule is CCCC[P+](C)(C)C.F[B-](F)(F)F. The van der Waals surface area contributed by atoms with E-state index < -0.39 is 14.5 Å². The van der Waals surface area contributed by atoms with Gasteiger partial charge in [0, 0.05) is 27.3 Å². The van der Waals surface area contributed by atoms with Crippen LogP contribution in [0.3, 0.4) is 0 Å². The molecule has 0 nitrogen and oxygen atoms in total. The molecule has 0 aliphatic rings. The van der Waals surface area contributed by atoms with Gasteiger partial charge in [0.25, 0.3) is 0 Å². The molecule has 6 heteroatoms. The minimum Gasteiger partial charge on any atom is -0.418 e. The van der Waals surface area contributed by atoms with Gasteiger partial charge in [-0.2, -0.15) is 0 Å². The van der Waals surface area contributed by atoms with Crippen molar-refractivity contribution in [2.45, 2.75) is 19.8 Å². The molecule has 0 aliphatic heterocycles. The monoisotopic (exact) mass is 220 g/mol. The highest BCUT2D eigenvalue weighted by molar-refractivity contribution is 7.73. The Morgan fingerprint density at radius 2 is 1.31 bits per heavy atom. The normalized spacial score (nSPS) is 12.0. The van der Waals surface area contributed by atoms with Crippen LogP contribution in [0.25, 0.3) is 0 Å². The summed E-state index contributed by atoms with van der Waals surface area (Å²) in [6.45, 7) is 9.48. The summed E-state index contributed by atoms with van der Waals surface area (Å²) in [6.07, 6.45) is 4.26. The first kappa shape index (κ1) is 15.7. The summed E-state index contributed by atoms with van der Waals surface area (Å²) in [5.74, 6) is 0. The third-order valence-corrected chi connectivity index (χ3v) is 2.84. The lowest BCUT2D eigenvalue weighted by atomic mass is 10.3. The molecule has 0 aromatic carbocycles. The van der Waals surface area contributed by atoms with Gasteiger partial charge in [0.2, 0.25) is 0 Å². The summed E-state index contributed by atoms with van der Waals surface area (Å²) >= 11 is 0. The van der Waals surface area contributed by atoms with E-state index in [1.165, 1.54) is 19.0 Å². The van der Waals surface area contributed by atoms with Gasteiger partial charge in [-0.15, -0.1) is 0 Å². The molecule has 0 saturated carbocycles. The lowest BCUT2D eigenvalue weighted by Crippen LogP contribution is -2.02. The molecule has 0 radical (unpaired) electrons. The second-order valence-electron chi connectivity index (χ2n) is 3.86. The van der Waals surface area contributed by atoms with Crippen LogP contribution in [-0.2, 0) is 0 Å². The highest BCUT2D eigenvalue weighted by atomic mass is 31.2. The molecule has 0 N–H and O–H groups in total. The second-order valence-corrected chi connectivity index (χ2v) is 8.89. The Bertz CT molecular complexity index is 113. The van der Waals surface area contributed by atoms with Gasteiger partial charge in [-0.1, -0.05) is 13.3 Å². The average molecular weight is 220 g/mol. The van der Waals surface area contributed by atoms with Gasteiger partial charge < -0.3 is 17.3 Å². The lowest BCUT2D eigenvalue weighted by Gasteiger charge is -2.09. The maximum absolute atomic E-state index is 9.75. The van der Waals surface area contributed by atoms with E-state index in [9.17, 15) is 17.3 Å². The molecule has 0 heterocycles. The van der Waals surface area contributed by atoms with Crippen LogP contribution in [0.2, 0.25) is 0 Å². The van der Waals surface area contributed by atoms with Crippen LogP contribution >= 0.6 is 7.26 Å². The molecular formula is C7H18BF4P. The van der Waals surface area contributed by atoms with Crippen molar-refractivity contribution in [1.29, 1.82) is 0 Å². The van der Waals surface area contributed by atoms with Crippen LogP contribution < -0.4 is 0 Å². The lowest BCUT2D eigenvalue weighted by molar-refractivity contribution is 0.368. The van der Waals surface area contributed by atoms with Gasteiger partial charge in [-0.25, -0.2) is 0 Å². The maximum atomic E-state index is 9.75. The van der Waals surface area contributed by atoms with Crippen molar-refractivity contribution in [3.05, 3.63) is 0 Å². The Morgan fingerprint density at radius 1 is 1.00 bits per heavy atom. The van der Waals surface area contributed by atoms with Gasteiger partial charge in [0.1, 0.15) is 0 Å². The summed E-state index contributed by atoms with van der Waals surface area (Å²) in [7, 11) is -6.43. The van der Waals surface area contributed by atoms with E-state index in [1.807, 2.05) is 0 Å². The van der Waals surface area contributed by atoms with E-state index in [1.54, 1.807) is 0 Å². The van der Waals surface area contributed by atoms with E-state index in [2.05, 4.69) is 26.9 Å². The van der Waals surface area contributed by atoms with E-state index in [-0.39, 0.29) is 0 Å². The Morgan fingerprint density at radius 3 is 1.38 bits per heavy atom. The van der Waals surface area contributed by atoms with Crippen molar-refractivity contribution < 1.29 is 17.3 Å². The largest absolute Gasteiger partial charge is 0.673 e. The molecule has 0 fully saturated rings. The molecule has 0 bridgehead atoms. The predicted octanol–water partition coefficient (Wildman–Crippen LogP) is 3.99. The zero-order chi connectivity index (χ0) is 11.1. The van der Waals surface area contributed by atoms with Gasteiger partial charge in [-0.05, 0) is 6.42 Å². The Labute approximate surface area is 78.5 Å². The van der Waals surface area contributed by atoms with E-state index >= 15 is 0 Å². The smallest absolute Gasteiger partial charge is 0.418 e. The fraction of sp³-hybridized carbons (Fsp3) is 1.00. The molecule has 0 spiro atoms. The number of unbranched alkanes of at least 4 members (excludes halogenated alkanes) is 1. The van der Waals surface area contributed by atoms with Gasteiger partial charge in [-0.3, -0.25) is 0 Å². The van der Waals surface area contributed by atoms with Crippen LogP contribution in [0.4, 0.5) is 17.3 Å². The molecule has 0 atom stereocenters. The van der Waals surface area contributed by atoms with Crippen molar-refractivity contribution in [3.8, 4) is 0 Å². The number of halogens is 4. The molecular weight excluding hydrogens is 202 g/mol. The highest BCUT2D eigenvalue weighted by Gasteiger charge is 2.20. The number of hydrogen-bond acceptors (Lipinski definition) is 0. The summed E-state index contributed by atoms with van der Waals surface area (Å²) in [6, 6.07) is 0. The molecule has 0 amide bonds. The van der Waals surface area contributed by atoms with E-state index in [4.69, 9.17) is 0 Å². The average Bonchev–Trinajstić information content (AvgIpc) is 1.77. The maximum Gasteiger partial charge on any atom is 0.673 e. The van der Waals surface area contributed by atoms with Crippen LogP contribution in [0.5, 0.6) is 0 Å². The summed E-state index contributed by atoms with van der Waals surface area (Å²) in [4.78, 5) is 0. The zero-order valence-electron chi connectivity index (χ0n) is 8.66. The van der Waals surface area contributed by atoms with Crippen molar-refractivity contribution in [2.75, 3.05) is 26.2 Å². The first-order chi connectivity index (χ1) is 5.56. The Kier molecular flexibility index (Phi) is 8.00. The topological polar surface area (TPSA) is 0 Å². The van der Waals surface area contributed by atoms with Crippen LogP contribution in [0, 0.1) is 0 Å². The Balaban J connectivity index is 0.